The quantitative estimate of drug-likeness (QED) is 0.734. The van der Waals surface area contributed by atoms with E-state index in [1.54, 1.807) is 0 Å². The van der Waals surface area contributed by atoms with Crippen LogP contribution in [0.3, 0.4) is 0 Å². The molecule has 4 heteroatoms. The van der Waals surface area contributed by atoms with Crippen LogP contribution in [0.4, 0.5) is 0 Å². The molecule has 14 heavy (non-hydrogen) atoms. The van der Waals surface area contributed by atoms with Crippen LogP contribution in [-0.2, 0) is 6.42 Å². The van der Waals surface area contributed by atoms with Gasteiger partial charge in [0, 0.05) is 5.69 Å². The van der Waals surface area contributed by atoms with E-state index in [1.807, 2.05) is 13.8 Å². The zero-order valence-electron chi connectivity index (χ0n) is 8.48. The van der Waals surface area contributed by atoms with Crippen LogP contribution >= 0.6 is 11.6 Å². The van der Waals surface area contributed by atoms with Gasteiger partial charge in [0.15, 0.2) is 5.15 Å². The predicted molar refractivity (Wildman–Crippen MR) is 57.8 cm³/mol. The van der Waals surface area contributed by atoms with E-state index in [-0.39, 0.29) is 0 Å². The van der Waals surface area contributed by atoms with Crippen LogP contribution in [0.5, 0.6) is 0 Å². The first-order chi connectivity index (χ1) is 6.63. The highest BCUT2D eigenvalue weighted by Gasteiger charge is 2.11. The Hall–Kier alpha value is -1.09. The molecular weight excluding hydrogens is 198 g/mol. The molecule has 3 nitrogen and oxygen atoms in total. The molecule has 1 N–H and O–H groups in total. The van der Waals surface area contributed by atoms with Crippen LogP contribution in [0.2, 0.25) is 5.15 Å². The second-order valence-corrected chi connectivity index (χ2v) is 3.73. The highest BCUT2D eigenvalue weighted by atomic mass is 35.5. The maximum Gasteiger partial charge on any atom is 0.156 e. The van der Waals surface area contributed by atoms with Gasteiger partial charge in [0.1, 0.15) is 11.3 Å². The predicted octanol–water partition coefficient (Wildman–Crippen LogP) is 2.79. The van der Waals surface area contributed by atoms with E-state index >= 15 is 0 Å². The molecule has 0 aliphatic heterocycles. The third-order valence-electron chi connectivity index (χ3n) is 2.38. The highest BCUT2D eigenvalue weighted by molar-refractivity contribution is 6.33. The van der Waals surface area contributed by atoms with Gasteiger partial charge in [-0.1, -0.05) is 18.5 Å². The van der Waals surface area contributed by atoms with Gasteiger partial charge in [0.05, 0.1) is 5.52 Å². The van der Waals surface area contributed by atoms with Crippen molar-refractivity contribution in [3.8, 4) is 0 Å². The maximum absolute atomic E-state index is 6.02. The van der Waals surface area contributed by atoms with Crippen LogP contribution < -0.4 is 0 Å². The van der Waals surface area contributed by atoms with Gasteiger partial charge < -0.3 is 4.98 Å². The molecule has 0 spiro atoms. The maximum atomic E-state index is 6.02. The van der Waals surface area contributed by atoms with Gasteiger partial charge in [-0.25, -0.2) is 9.97 Å². The lowest BCUT2D eigenvalue weighted by Gasteiger charge is -1.97. The van der Waals surface area contributed by atoms with Crippen LogP contribution in [0.1, 0.15) is 24.0 Å². The summed E-state index contributed by atoms with van der Waals surface area (Å²) < 4.78 is 0. The van der Waals surface area contributed by atoms with E-state index in [2.05, 4.69) is 21.9 Å². The fourth-order valence-corrected chi connectivity index (χ4v) is 2.00. The summed E-state index contributed by atoms with van der Waals surface area (Å²) in [6.07, 6.45) is 0.957. The summed E-state index contributed by atoms with van der Waals surface area (Å²) in [4.78, 5) is 11.7. The smallest absolute Gasteiger partial charge is 0.156 e. The van der Waals surface area contributed by atoms with Crippen LogP contribution in [0.25, 0.3) is 11.0 Å². The number of fused-ring (bicyclic) bond motifs is 1. The number of H-pyrrole nitrogens is 1. The van der Waals surface area contributed by atoms with E-state index in [0.717, 1.165) is 29.0 Å². The molecule has 2 heterocycles. The van der Waals surface area contributed by atoms with Crippen molar-refractivity contribution in [1.82, 2.24) is 15.0 Å². The van der Waals surface area contributed by atoms with Gasteiger partial charge >= 0.3 is 0 Å². The minimum atomic E-state index is 0.510. The summed E-state index contributed by atoms with van der Waals surface area (Å²) in [5.74, 6) is 0.719. The molecule has 2 rings (SSSR count). The van der Waals surface area contributed by atoms with Gasteiger partial charge in [-0.05, 0) is 25.8 Å². The molecule has 0 atom stereocenters. The minimum Gasteiger partial charge on any atom is -0.355 e. The normalized spacial score (nSPS) is 11.1. The van der Waals surface area contributed by atoms with E-state index in [0.29, 0.717) is 5.15 Å². The second-order valence-electron chi connectivity index (χ2n) is 3.37. The summed E-state index contributed by atoms with van der Waals surface area (Å²) >= 11 is 6.02. The first-order valence-electron chi connectivity index (χ1n) is 4.64. The topological polar surface area (TPSA) is 41.6 Å². The van der Waals surface area contributed by atoms with Crippen molar-refractivity contribution in [1.29, 1.82) is 0 Å². The first kappa shape index (κ1) is 9.46. The number of nitrogens with zero attached hydrogens (tertiary/aromatic N) is 2. The van der Waals surface area contributed by atoms with E-state index in [1.165, 1.54) is 5.56 Å². The van der Waals surface area contributed by atoms with Crippen molar-refractivity contribution in [2.45, 2.75) is 27.2 Å². The number of halogens is 1. The lowest BCUT2D eigenvalue weighted by molar-refractivity contribution is 1.07. The number of hydrogen-bond acceptors (Lipinski definition) is 2. The van der Waals surface area contributed by atoms with Crippen molar-refractivity contribution >= 4 is 22.6 Å². The molecule has 0 saturated heterocycles. The van der Waals surface area contributed by atoms with Crippen molar-refractivity contribution < 1.29 is 0 Å². The van der Waals surface area contributed by atoms with E-state index in [9.17, 15) is 0 Å². The Morgan fingerprint density at radius 1 is 1.29 bits per heavy atom. The van der Waals surface area contributed by atoms with Gasteiger partial charge in [-0.2, -0.15) is 0 Å². The number of aromatic amines is 1. The average Bonchev–Trinajstić information content (AvgIpc) is 2.41. The third-order valence-corrected chi connectivity index (χ3v) is 2.65. The standard InChI is InChI=1S/C10H12ClN3/c1-4-7-5(2)12-9-8(7)13-6(3)14-10(9)11/h12H,4H2,1-3H3. The van der Waals surface area contributed by atoms with Crippen molar-refractivity contribution in [2.24, 2.45) is 0 Å². The molecule has 2 aromatic heterocycles. The monoisotopic (exact) mass is 209 g/mol. The summed E-state index contributed by atoms with van der Waals surface area (Å²) in [6.45, 7) is 6.00. The second kappa shape index (κ2) is 3.24. The summed E-state index contributed by atoms with van der Waals surface area (Å²) in [6, 6.07) is 0. The highest BCUT2D eigenvalue weighted by Crippen LogP contribution is 2.25. The van der Waals surface area contributed by atoms with Crippen LogP contribution in [0, 0.1) is 13.8 Å². The third kappa shape index (κ3) is 1.28. The Bertz CT molecular complexity index is 488. The van der Waals surface area contributed by atoms with Crippen molar-refractivity contribution in [2.75, 3.05) is 0 Å². The number of aryl methyl sites for hydroxylation is 3. The number of rotatable bonds is 1. The molecule has 74 valence electrons. The zero-order valence-corrected chi connectivity index (χ0v) is 9.24. The number of nitrogens with one attached hydrogen (secondary N) is 1. The summed E-state index contributed by atoms with van der Waals surface area (Å²) in [5, 5.41) is 0.510. The Labute approximate surface area is 87.5 Å². The Morgan fingerprint density at radius 2 is 2.00 bits per heavy atom. The van der Waals surface area contributed by atoms with E-state index < -0.39 is 0 Å². The first-order valence-corrected chi connectivity index (χ1v) is 5.02. The molecule has 0 fully saturated rings. The molecule has 0 amide bonds. The summed E-state index contributed by atoms with van der Waals surface area (Å²) in [7, 11) is 0. The molecule has 0 aliphatic rings. The Balaban J connectivity index is 2.87. The molecule has 2 aromatic rings. The largest absolute Gasteiger partial charge is 0.355 e. The lowest BCUT2D eigenvalue weighted by atomic mass is 10.2. The van der Waals surface area contributed by atoms with Gasteiger partial charge in [0.25, 0.3) is 0 Å². The van der Waals surface area contributed by atoms with Gasteiger partial charge in [-0.3, -0.25) is 0 Å². The fraction of sp³-hybridized carbons (Fsp3) is 0.400. The molecule has 0 aliphatic carbocycles. The summed E-state index contributed by atoms with van der Waals surface area (Å²) in [5.41, 5.74) is 4.17. The molecule has 0 saturated carbocycles. The number of aromatic nitrogens is 3. The Morgan fingerprint density at radius 3 is 2.64 bits per heavy atom. The van der Waals surface area contributed by atoms with Crippen LogP contribution in [0.15, 0.2) is 0 Å². The Kier molecular flexibility index (Phi) is 2.19. The van der Waals surface area contributed by atoms with Crippen molar-refractivity contribution in [3.63, 3.8) is 0 Å². The lowest BCUT2D eigenvalue weighted by Crippen LogP contribution is -1.90. The number of hydrogen-bond donors (Lipinski definition) is 1. The molecular formula is C10H12ClN3. The minimum absolute atomic E-state index is 0.510. The molecule has 0 unspecified atom stereocenters. The molecule has 0 radical (unpaired) electrons. The zero-order chi connectivity index (χ0) is 10.3. The molecule has 0 aromatic carbocycles. The SMILES string of the molecule is CCc1c(C)[nH]c2c(Cl)nc(C)nc12. The average molecular weight is 210 g/mol. The van der Waals surface area contributed by atoms with Crippen molar-refractivity contribution in [3.05, 3.63) is 22.2 Å². The van der Waals surface area contributed by atoms with E-state index in [4.69, 9.17) is 11.6 Å². The fourth-order valence-electron chi connectivity index (χ4n) is 1.74. The van der Waals surface area contributed by atoms with Gasteiger partial charge in [-0.15, -0.1) is 0 Å². The molecule has 0 bridgehead atoms. The van der Waals surface area contributed by atoms with Gasteiger partial charge in [0.2, 0.25) is 0 Å². The van der Waals surface area contributed by atoms with Crippen LogP contribution in [-0.4, -0.2) is 15.0 Å².